The second-order valence-electron chi connectivity index (χ2n) is 5.95. The van der Waals surface area contributed by atoms with Gasteiger partial charge in [0, 0.05) is 6.08 Å². The maximum absolute atomic E-state index is 12.5. The minimum atomic E-state index is -1.00. The summed E-state index contributed by atoms with van der Waals surface area (Å²) in [7, 11) is 0. The van der Waals surface area contributed by atoms with Gasteiger partial charge < -0.3 is 18.9 Å². The first-order chi connectivity index (χ1) is 11.5. The molecule has 3 atom stereocenters. The van der Waals surface area contributed by atoms with Gasteiger partial charge in [-0.3, -0.25) is 9.59 Å². The molecule has 0 aromatic carbocycles. The monoisotopic (exact) mass is 338 g/mol. The Morgan fingerprint density at radius 3 is 2.67 bits per heavy atom. The van der Waals surface area contributed by atoms with Crippen molar-refractivity contribution >= 4 is 17.9 Å². The van der Waals surface area contributed by atoms with Crippen molar-refractivity contribution < 1.29 is 33.3 Å². The predicted octanol–water partition coefficient (Wildman–Crippen LogP) is 1.17. The van der Waals surface area contributed by atoms with Crippen molar-refractivity contribution in [2.75, 3.05) is 26.4 Å². The smallest absolute Gasteiger partial charge is 0.330 e. The van der Waals surface area contributed by atoms with Crippen LogP contribution in [-0.2, 0) is 33.3 Å². The lowest BCUT2D eigenvalue weighted by Gasteiger charge is -2.34. The van der Waals surface area contributed by atoms with Crippen LogP contribution in [0.25, 0.3) is 0 Å². The highest BCUT2D eigenvalue weighted by Gasteiger charge is 2.47. The molecule has 1 aliphatic heterocycles. The predicted molar refractivity (Wildman–Crippen MR) is 82.8 cm³/mol. The Labute approximate surface area is 140 Å². The summed E-state index contributed by atoms with van der Waals surface area (Å²) in [5, 5.41) is 0. The van der Waals surface area contributed by atoms with E-state index in [1.165, 1.54) is 0 Å². The Balaban J connectivity index is 1.89. The molecule has 132 valence electrons. The summed E-state index contributed by atoms with van der Waals surface area (Å²) in [6.07, 6.45) is 5.71. The normalized spacial score (nSPS) is 27.9. The second kappa shape index (κ2) is 8.10. The molecule has 24 heavy (non-hydrogen) atoms. The average Bonchev–Trinajstić information content (AvgIpc) is 3.40. The molecule has 0 amide bonds. The molecule has 1 heterocycles. The summed E-state index contributed by atoms with van der Waals surface area (Å²) in [4.78, 5) is 35.7. The van der Waals surface area contributed by atoms with Crippen LogP contribution in [0.3, 0.4) is 0 Å². The minimum Gasteiger partial charge on any atom is -0.462 e. The summed E-state index contributed by atoms with van der Waals surface area (Å²) < 4.78 is 20.2. The Bertz CT molecular complexity index is 535. The van der Waals surface area contributed by atoms with E-state index >= 15 is 0 Å². The zero-order valence-electron chi connectivity index (χ0n) is 13.7. The molecular weight excluding hydrogens is 316 g/mol. The van der Waals surface area contributed by atoms with Gasteiger partial charge in [0.2, 0.25) is 0 Å². The fourth-order valence-corrected chi connectivity index (χ4v) is 2.48. The third-order valence-electron chi connectivity index (χ3n) is 4.11. The number of hydrogen-bond donors (Lipinski definition) is 0. The van der Waals surface area contributed by atoms with Gasteiger partial charge in [-0.2, -0.15) is 0 Å². The minimum absolute atomic E-state index is 0.0285. The first-order valence-corrected chi connectivity index (χ1v) is 7.88. The zero-order valence-corrected chi connectivity index (χ0v) is 13.7. The van der Waals surface area contributed by atoms with Crippen LogP contribution in [0, 0.1) is 11.3 Å². The number of allylic oxidation sites excluding steroid dienone is 1. The van der Waals surface area contributed by atoms with E-state index in [1.807, 2.05) is 6.08 Å². The van der Waals surface area contributed by atoms with E-state index in [9.17, 15) is 14.4 Å². The van der Waals surface area contributed by atoms with Crippen LogP contribution in [0.2, 0.25) is 0 Å². The molecule has 2 rings (SSSR count). The average molecular weight is 338 g/mol. The third-order valence-corrected chi connectivity index (χ3v) is 4.11. The lowest BCUT2D eigenvalue weighted by atomic mass is 9.70. The van der Waals surface area contributed by atoms with Crippen LogP contribution < -0.4 is 0 Å². The molecule has 1 saturated heterocycles. The fraction of sp³-hybridized carbons (Fsp3) is 0.588. The number of rotatable bonds is 8. The number of epoxide rings is 1. The zero-order chi connectivity index (χ0) is 17.6. The fourth-order valence-electron chi connectivity index (χ4n) is 2.48. The molecule has 7 heteroatoms. The first-order valence-electron chi connectivity index (χ1n) is 7.88. The van der Waals surface area contributed by atoms with Gasteiger partial charge in [0.25, 0.3) is 0 Å². The Morgan fingerprint density at radius 2 is 2.00 bits per heavy atom. The van der Waals surface area contributed by atoms with E-state index in [1.54, 1.807) is 13.0 Å². The highest BCUT2D eigenvalue weighted by Crippen LogP contribution is 2.39. The largest absolute Gasteiger partial charge is 0.462 e. The summed E-state index contributed by atoms with van der Waals surface area (Å²) >= 11 is 0. The van der Waals surface area contributed by atoms with E-state index in [0.29, 0.717) is 19.4 Å². The van der Waals surface area contributed by atoms with Gasteiger partial charge in [-0.1, -0.05) is 18.7 Å². The van der Waals surface area contributed by atoms with Crippen molar-refractivity contribution in [1.29, 1.82) is 0 Å². The highest BCUT2D eigenvalue weighted by atomic mass is 16.6. The lowest BCUT2D eigenvalue weighted by Crippen LogP contribution is -2.43. The topological polar surface area (TPSA) is 91.4 Å². The molecule has 0 bridgehead atoms. The number of carbonyl (C=O) groups excluding carboxylic acids is 3. The highest BCUT2D eigenvalue weighted by molar-refractivity contribution is 5.87. The standard InChI is InChI=1S/C17H22O7/c1-3-14(18)21-8-9-22-16(20)17(2)7-5-4-6-13(17)15(19)24-11-12-10-23-12/h3-4,6,12-13H,1,5,7-11H2,2H3. The second-order valence-corrected chi connectivity index (χ2v) is 5.95. The number of hydrogen-bond acceptors (Lipinski definition) is 7. The summed E-state index contributed by atoms with van der Waals surface area (Å²) in [6.45, 7) is 5.62. The molecule has 2 aliphatic rings. The molecule has 7 nitrogen and oxygen atoms in total. The van der Waals surface area contributed by atoms with Gasteiger partial charge in [0.1, 0.15) is 25.9 Å². The van der Waals surface area contributed by atoms with Gasteiger partial charge >= 0.3 is 17.9 Å². The Hall–Kier alpha value is -2.15. The van der Waals surface area contributed by atoms with Gasteiger partial charge in [0.05, 0.1) is 17.9 Å². The molecule has 0 radical (unpaired) electrons. The van der Waals surface area contributed by atoms with Gasteiger partial charge in [-0.15, -0.1) is 0 Å². The first kappa shape index (κ1) is 18.2. The van der Waals surface area contributed by atoms with Crippen LogP contribution in [-0.4, -0.2) is 50.4 Å². The Kier molecular flexibility index (Phi) is 6.14. The molecule has 1 aliphatic carbocycles. The molecule has 1 fully saturated rings. The van der Waals surface area contributed by atoms with E-state index < -0.39 is 29.2 Å². The summed E-state index contributed by atoms with van der Waals surface area (Å²) in [5.74, 6) is -2.25. The van der Waals surface area contributed by atoms with Gasteiger partial charge in [-0.05, 0) is 19.8 Å². The molecule has 0 aromatic rings. The van der Waals surface area contributed by atoms with Crippen molar-refractivity contribution in [3.05, 3.63) is 24.8 Å². The van der Waals surface area contributed by atoms with Crippen molar-refractivity contribution in [1.82, 2.24) is 0 Å². The SMILES string of the molecule is C=CC(=O)OCCOC(=O)C1(C)CCC=CC1C(=O)OCC1CO1. The number of esters is 3. The Morgan fingerprint density at radius 1 is 1.29 bits per heavy atom. The quantitative estimate of drug-likeness (QED) is 0.164. The van der Waals surface area contributed by atoms with Crippen LogP contribution in [0.5, 0.6) is 0 Å². The maximum Gasteiger partial charge on any atom is 0.330 e. The molecule has 0 N–H and O–H groups in total. The van der Waals surface area contributed by atoms with Crippen molar-refractivity contribution in [2.45, 2.75) is 25.9 Å². The number of carbonyl (C=O) groups is 3. The van der Waals surface area contributed by atoms with Crippen LogP contribution in [0.4, 0.5) is 0 Å². The van der Waals surface area contributed by atoms with Gasteiger partial charge in [0.15, 0.2) is 0 Å². The number of ether oxygens (including phenoxy) is 4. The molecule has 0 saturated carbocycles. The van der Waals surface area contributed by atoms with E-state index in [-0.39, 0.29) is 25.9 Å². The van der Waals surface area contributed by atoms with Crippen molar-refractivity contribution in [3.8, 4) is 0 Å². The van der Waals surface area contributed by atoms with E-state index in [0.717, 1.165) is 6.08 Å². The van der Waals surface area contributed by atoms with E-state index in [2.05, 4.69) is 6.58 Å². The lowest BCUT2D eigenvalue weighted by molar-refractivity contribution is -0.169. The molecule has 0 aromatic heterocycles. The molecular formula is C17H22O7. The molecule has 3 unspecified atom stereocenters. The van der Waals surface area contributed by atoms with Crippen LogP contribution >= 0.6 is 0 Å². The third kappa shape index (κ3) is 4.67. The van der Waals surface area contributed by atoms with Crippen molar-refractivity contribution in [3.63, 3.8) is 0 Å². The van der Waals surface area contributed by atoms with Gasteiger partial charge in [-0.25, -0.2) is 4.79 Å². The van der Waals surface area contributed by atoms with Crippen LogP contribution in [0.15, 0.2) is 24.8 Å². The maximum atomic E-state index is 12.5. The summed E-state index contributed by atoms with van der Waals surface area (Å²) in [6, 6.07) is 0. The van der Waals surface area contributed by atoms with E-state index in [4.69, 9.17) is 18.9 Å². The summed E-state index contributed by atoms with van der Waals surface area (Å²) in [5.41, 5.74) is -1.00. The van der Waals surface area contributed by atoms with Crippen molar-refractivity contribution in [2.24, 2.45) is 11.3 Å². The van der Waals surface area contributed by atoms with Crippen LogP contribution in [0.1, 0.15) is 19.8 Å². The molecule has 0 spiro atoms.